The molecule has 8 nitrogen and oxygen atoms in total. The van der Waals surface area contributed by atoms with Crippen molar-refractivity contribution in [2.45, 2.75) is 63.7 Å². The lowest BCUT2D eigenvalue weighted by Crippen LogP contribution is -2.56. The largest absolute Gasteiger partial charge is 0.466 e. The van der Waals surface area contributed by atoms with Gasteiger partial charge >= 0.3 is 5.97 Å². The monoisotopic (exact) mass is 422 g/mol. The molecule has 0 saturated carbocycles. The number of esters is 1. The fourth-order valence-corrected chi connectivity index (χ4v) is 5.39. The molecule has 5 atom stereocenters. The van der Waals surface area contributed by atoms with Crippen LogP contribution in [0.1, 0.15) is 46.0 Å². The summed E-state index contributed by atoms with van der Waals surface area (Å²) < 4.78 is 11.6. The summed E-state index contributed by atoms with van der Waals surface area (Å²) in [5, 5.41) is 9.34. The molecule has 0 radical (unpaired) electrons. The van der Waals surface area contributed by atoms with E-state index in [1.54, 1.807) is 22.8 Å². The molecule has 168 valence electrons. The standard InChI is InChI=1S/C22H34N2O6/c1-4-7-12-23(11-5-2)20(27)18-22-10-9-15(30-22)16(21(28)29-6-3)17(22)19(26)24(18)13-8-14-25/h5,15-18,25H,2,4,6-14H2,1,3H3/t15-,16+,17-,18?,22?/m0/s1. The quantitative estimate of drug-likeness (QED) is 0.396. The first-order valence-electron chi connectivity index (χ1n) is 11.1. The average Bonchev–Trinajstić information content (AvgIpc) is 3.36. The molecule has 3 aliphatic heterocycles. The molecule has 3 fully saturated rings. The summed E-state index contributed by atoms with van der Waals surface area (Å²) >= 11 is 0. The molecule has 2 unspecified atom stereocenters. The molecule has 2 bridgehead atoms. The number of hydrogen-bond donors (Lipinski definition) is 1. The van der Waals surface area contributed by atoms with Gasteiger partial charge in [-0.25, -0.2) is 0 Å². The summed E-state index contributed by atoms with van der Waals surface area (Å²) in [5.41, 5.74) is -1.00. The molecular weight excluding hydrogens is 388 g/mol. The van der Waals surface area contributed by atoms with Gasteiger partial charge < -0.3 is 24.4 Å². The van der Waals surface area contributed by atoms with E-state index >= 15 is 0 Å². The normalized spacial score (nSPS) is 31.7. The third-order valence-corrected chi connectivity index (χ3v) is 6.59. The maximum Gasteiger partial charge on any atom is 0.312 e. The maximum absolute atomic E-state index is 13.7. The van der Waals surface area contributed by atoms with Crippen LogP contribution in [0.3, 0.4) is 0 Å². The van der Waals surface area contributed by atoms with Gasteiger partial charge in [-0.2, -0.15) is 0 Å². The number of aliphatic hydroxyl groups excluding tert-OH is 1. The summed E-state index contributed by atoms with van der Waals surface area (Å²) in [5.74, 6) is -2.21. The number of rotatable bonds is 11. The highest BCUT2D eigenvalue weighted by atomic mass is 16.6. The van der Waals surface area contributed by atoms with E-state index < -0.39 is 35.6 Å². The Morgan fingerprint density at radius 2 is 2.17 bits per heavy atom. The van der Waals surface area contributed by atoms with E-state index in [1.807, 2.05) is 0 Å². The first-order chi connectivity index (χ1) is 14.5. The van der Waals surface area contributed by atoms with Crippen LogP contribution in [-0.2, 0) is 23.9 Å². The Morgan fingerprint density at radius 1 is 1.40 bits per heavy atom. The summed E-state index contributed by atoms with van der Waals surface area (Å²) in [7, 11) is 0. The molecule has 0 aromatic carbocycles. The Balaban J connectivity index is 1.97. The van der Waals surface area contributed by atoms with Crippen molar-refractivity contribution in [2.75, 3.05) is 32.8 Å². The highest BCUT2D eigenvalue weighted by Crippen LogP contribution is 2.58. The third kappa shape index (κ3) is 3.64. The predicted molar refractivity (Wildman–Crippen MR) is 109 cm³/mol. The van der Waals surface area contributed by atoms with E-state index in [0.29, 0.717) is 32.4 Å². The van der Waals surface area contributed by atoms with Crippen molar-refractivity contribution in [3.8, 4) is 0 Å². The minimum Gasteiger partial charge on any atom is -0.466 e. The Bertz CT molecular complexity index is 683. The second-order valence-electron chi connectivity index (χ2n) is 8.34. The van der Waals surface area contributed by atoms with Crippen molar-refractivity contribution in [1.82, 2.24) is 9.80 Å². The van der Waals surface area contributed by atoms with Gasteiger partial charge in [-0.1, -0.05) is 19.4 Å². The van der Waals surface area contributed by atoms with E-state index in [2.05, 4.69) is 13.5 Å². The number of likely N-dealkylation sites (tertiary alicyclic amines) is 1. The molecule has 0 aromatic heterocycles. The van der Waals surface area contributed by atoms with Crippen LogP contribution in [0.15, 0.2) is 12.7 Å². The van der Waals surface area contributed by atoms with Crippen LogP contribution in [0.4, 0.5) is 0 Å². The minimum atomic E-state index is -1.00. The number of nitrogens with zero attached hydrogens (tertiary/aromatic N) is 2. The van der Waals surface area contributed by atoms with Crippen LogP contribution in [0, 0.1) is 11.8 Å². The zero-order valence-electron chi connectivity index (χ0n) is 18.0. The number of unbranched alkanes of at least 4 members (excludes halogenated alkanes) is 1. The Labute approximate surface area is 178 Å². The molecule has 0 aromatic rings. The minimum absolute atomic E-state index is 0.0840. The Hall–Kier alpha value is -1.93. The lowest BCUT2D eigenvalue weighted by Gasteiger charge is -2.36. The van der Waals surface area contributed by atoms with Crippen molar-refractivity contribution in [3.63, 3.8) is 0 Å². The van der Waals surface area contributed by atoms with Crippen LogP contribution < -0.4 is 0 Å². The second-order valence-corrected chi connectivity index (χ2v) is 8.34. The highest BCUT2D eigenvalue weighted by molar-refractivity contribution is 5.98. The van der Waals surface area contributed by atoms with Gasteiger partial charge in [-0.05, 0) is 32.6 Å². The van der Waals surface area contributed by atoms with Crippen molar-refractivity contribution < 1.29 is 29.0 Å². The van der Waals surface area contributed by atoms with Gasteiger partial charge in [0, 0.05) is 26.2 Å². The zero-order chi connectivity index (χ0) is 21.9. The fraction of sp³-hybridized carbons (Fsp3) is 0.773. The third-order valence-electron chi connectivity index (χ3n) is 6.59. The first-order valence-corrected chi connectivity index (χ1v) is 11.1. The number of carbonyl (C=O) groups is 3. The zero-order valence-corrected chi connectivity index (χ0v) is 18.0. The first kappa shape index (κ1) is 22.7. The van der Waals surface area contributed by atoms with Gasteiger partial charge in [0.05, 0.1) is 24.5 Å². The molecule has 8 heteroatoms. The topological polar surface area (TPSA) is 96.4 Å². The summed E-state index contributed by atoms with van der Waals surface area (Å²) in [6.07, 6.45) is 4.64. The average molecular weight is 423 g/mol. The van der Waals surface area contributed by atoms with Crippen molar-refractivity contribution >= 4 is 17.8 Å². The van der Waals surface area contributed by atoms with E-state index in [9.17, 15) is 19.5 Å². The van der Waals surface area contributed by atoms with Crippen molar-refractivity contribution in [3.05, 3.63) is 12.7 Å². The van der Waals surface area contributed by atoms with E-state index in [1.165, 1.54) is 0 Å². The van der Waals surface area contributed by atoms with Gasteiger partial charge in [-0.15, -0.1) is 6.58 Å². The van der Waals surface area contributed by atoms with Crippen molar-refractivity contribution in [1.29, 1.82) is 0 Å². The lowest BCUT2D eigenvalue weighted by atomic mass is 9.70. The molecule has 30 heavy (non-hydrogen) atoms. The summed E-state index contributed by atoms with van der Waals surface area (Å²) in [6.45, 7) is 8.93. The molecular formula is C22H34N2O6. The SMILES string of the molecule is C=CCN(CCCC)C(=O)C1N(CCCO)C(=O)[C@@H]2[C@H](C(=O)OCC)[C@@H]3CCC12O3. The lowest BCUT2D eigenvalue weighted by molar-refractivity contribution is -0.155. The van der Waals surface area contributed by atoms with Crippen LogP contribution in [0.25, 0.3) is 0 Å². The number of hydrogen-bond acceptors (Lipinski definition) is 6. The number of amides is 2. The Kier molecular flexibility index (Phi) is 7.18. The number of aliphatic hydroxyl groups is 1. The number of fused-ring (bicyclic) bond motifs is 1. The molecule has 1 N–H and O–H groups in total. The molecule has 0 aliphatic carbocycles. The second kappa shape index (κ2) is 9.47. The van der Waals surface area contributed by atoms with Crippen molar-refractivity contribution in [2.24, 2.45) is 11.8 Å². The summed E-state index contributed by atoms with van der Waals surface area (Å²) in [4.78, 5) is 43.1. The van der Waals surface area contributed by atoms with Gasteiger partial charge in [-0.3, -0.25) is 14.4 Å². The molecule has 3 aliphatic rings. The van der Waals surface area contributed by atoms with E-state index in [4.69, 9.17) is 9.47 Å². The van der Waals surface area contributed by atoms with Crippen LogP contribution in [0.5, 0.6) is 0 Å². The number of ether oxygens (including phenoxy) is 2. The number of carbonyl (C=O) groups excluding carboxylic acids is 3. The molecule has 3 heterocycles. The molecule has 3 saturated heterocycles. The van der Waals surface area contributed by atoms with Gasteiger partial charge in [0.25, 0.3) is 0 Å². The van der Waals surface area contributed by atoms with E-state index in [0.717, 1.165) is 12.8 Å². The summed E-state index contributed by atoms with van der Waals surface area (Å²) in [6, 6.07) is -0.789. The van der Waals surface area contributed by atoms with Crippen LogP contribution in [-0.4, -0.2) is 83.3 Å². The Morgan fingerprint density at radius 3 is 2.80 bits per heavy atom. The highest BCUT2D eigenvalue weighted by Gasteiger charge is 2.74. The van der Waals surface area contributed by atoms with Crippen LogP contribution in [0.2, 0.25) is 0 Å². The molecule has 2 amide bonds. The predicted octanol–water partition coefficient (Wildman–Crippen LogP) is 1.12. The molecule has 1 spiro atoms. The fourth-order valence-electron chi connectivity index (χ4n) is 5.39. The van der Waals surface area contributed by atoms with Gasteiger partial charge in [0.2, 0.25) is 11.8 Å². The van der Waals surface area contributed by atoms with Gasteiger partial charge in [0.15, 0.2) is 0 Å². The van der Waals surface area contributed by atoms with Crippen LogP contribution >= 0.6 is 0 Å². The maximum atomic E-state index is 13.7. The van der Waals surface area contributed by atoms with E-state index in [-0.39, 0.29) is 31.6 Å². The smallest absolute Gasteiger partial charge is 0.312 e. The van der Waals surface area contributed by atoms with Gasteiger partial charge in [0.1, 0.15) is 11.6 Å². The molecule has 3 rings (SSSR count).